The van der Waals surface area contributed by atoms with E-state index in [0.717, 1.165) is 70.6 Å². The molecule has 1 aliphatic heterocycles. The Balaban J connectivity index is 0.00000338. The number of hydrogen-bond acceptors (Lipinski definition) is 5. The number of halogens is 1. The largest absolute Gasteiger partial charge is 0.357 e. The van der Waals surface area contributed by atoms with Crippen molar-refractivity contribution in [3.8, 4) is 0 Å². The third-order valence-corrected chi connectivity index (χ3v) is 4.60. The van der Waals surface area contributed by atoms with Crippen LogP contribution in [0.1, 0.15) is 26.6 Å². The number of aliphatic imine (C=N–C) groups is 1. The van der Waals surface area contributed by atoms with E-state index in [2.05, 4.69) is 56.0 Å². The first-order chi connectivity index (χ1) is 12.3. The molecule has 26 heavy (non-hydrogen) atoms. The van der Waals surface area contributed by atoms with Gasteiger partial charge in [-0.15, -0.1) is 34.2 Å². The first kappa shape index (κ1) is 23.1. The van der Waals surface area contributed by atoms with Crippen molar-refractivity contribution in [1.82, 2.24) is 35.2 Å². The number of rotatable bonds is 9. The van der Waals surface area contributed by atoms with Gasteiger partial charge < -0.3 is 20.1 Å². The molecule has 0 aromatic carbocycles. The zero-order chi connectivity index (χ0) is 17.9. The summed E-state index contributed by atoms with van der Waals surface area (Å²) in [6, 6.07) is 0. The number of hydrogen-bond donors (Lipinski definition) is 2. The van der Waals surface area contributed by atoms with Crippen LogP contribution in [0.15, 0.2) is 11.3 Å². The molecule has 0 amide bonds. The third-order valence-electron chi connectivity index (χ3n) is 4.60. The van der Waals surface area contributed by atoms with Gasteiger partial charge in [0.25, 0.3) is 0 Å². The van der Waals surface area contributed by atoms with E-state index in [-0.39, 0.29) is 24.0 Å². The predicted molar refractivity (Wildman–Crippen MR) is 117 cm³/mol. The van der Waals surface area contributed by atoms with Crippen molar-refractivity contribution in [2.75, 3.05) is 58.9 Å². The number of piperazine rings is 1. The van der Waals surface area contributed by atoms with Crippen molar-refractivity contribution < 1.29 is 0 Å². The normalized spacial score (nSPS) is 16.3. The second-order valence-electron chi connectivity index (χ2n) is 6.26. The summed E-state index contributed by atoms with van der Waals surface area (Å²) in [6.07, 6.45) is 2.69. The lowest BCUT2D eigenvalue weighted by molar-refractivity contribution is 0.140. The Morgan fingerprint density at radius 2 is 1.81 bits per heavy atom. The van der Waals surface area contributed by atoms with Crippen LogP contribution in [0.5, 0.6) is 0 Å². The van der Waals surface area contributed by atoms with Crippen molar-refractivity contribution in [1.29, 1.82) is 0 Å². The second-order valence-corrected chi connectivity index (χ2v) is 6.26. The summed E-state index contributed by atoms with van der Waals surface area (Å²) in [7, 11) is 0. The van der Waals surface area contributed by atoms with Gasteiger partial charge >= 0.3 is 0 Å². The maximum absolute atomic E-state index is 4.71. The zero-order valence-electron chi connectivity index (χ0n) is 16.4. The molecule has 0 bridgehead atoms. The molecule has 0 atom stereocenters. The molecular formula is C17H35IN8. The van der Waals surface area contributed by atoms with E-state index in [9.17, 15) is 0 Å². The highest BCUT2D eigenvalue weighted by Crippen LogP contribution is 2.00. The fraction of sp³-hybridized carbons (Fsp3) is 0.824. The molecule has 1 aromatic heterocycles. The minimum absolute atomic E-state index is 0. The molecule has 8 nitrogen and oxygen atoms in total. The lowest BCUT2D eigenvalue weighted by atomic mass is 10.3. The highest BCUT2D eigenvalue weighted by atomic mass is 127. The molecule has 1 aromatic rings. The Labute approximate surface area is 174 Å². The van der Waals surface area contributed by atoms with E-state index in [0.29, 0.717) is 0 Å². The minimum Gasteiger partial charge on any atom is -0.357 e. The molecule has 1 fully saturated rings. The van der Waals surface area contributed by atoms with Crippen LogP contribution < -0.4 is 10.6 Å². The molecule has 0 spiro atoms. The summed E-state index contributed by atoms with van der Waals surface area (Å²) in [6.45, 7) is 16.6. The van der Waals surface area contributed by atoms with Crippen LogP contribution in [0, 0.1) is 0 Å². The number of nitrogens with zero attached hydrogens (tertiary/aromatic N) is 6. The molecule has 0 aliphatic carbocycles. The highest BCUT2D eigenvalue weighted by Gasteiger charge is 2.14. The minimum atomic E-state index is 0. The quantitative estimate of drug-likeness (QED) is 0.309. The summed E-state index contributed by atoms with van der Waals surface area (Å²) in [5.41, 5.74) is 0. The van der Waals surface area contributed by atoms with Crippen LogP contribution >= 0.6 is 24.0 Å². The molecular weight excluding hydrogens is 443 g/mol. The fourth-order valence-corrected chi connectivity index (χ4v) is 3.01. The average molecular weight is 478 g/mol. The fourth-order valence-electron chi connectivity index (χ4n) is 3.01. The Hall–Kier alpha value is -0.940. The lowest BCUT2D eigenvalue weighted by Gasteiger charge is -2.33. The average Bonchev–Trinajstić information content (AvgIpc) is 3.10. The number of aromatic nitrogens is 3. The molecule has 0 unspecified atom stereocenters. The first-order valence-electron chi connectivity index (χ1n) is 9.60. The maximum Gasteiger partial charge on any atom is 0.191 e. The van der Waals surface area contributed by atoms with Gasteiger partial charge in [0.2, 0.25) is 0 Å². The third kappa shape index (κ3) is 7.75. The van der Waals surface area contributed by atoms with E-state index in [4.69, 9.17) is 4.99 Å². The second kappa shape index (κ2) is 13.3. The summed E-state index contributed by atoms with van der Waals surface area (Å²) in [4.78, 5) is 9.71. The Bertz CT molecular complexity index is 511. The van der Waals surface area contributed by atoms with Crippen LogP contribution in [-0.4, -0.2) is 89.4 Å². The van der Waals surface area contributed by atoms with Crippen molar-refractivity contribution in [2.45, 2.75) is 33.7 Å². The standard InChI is InChI=1S/C17H34N8.HI/c1-4-16-22-21-15-25(16)10-8-20-17(18-5-2)19-7-9-24-13-11-23(6-3)12-14-24;/h15H,4-14H2,1-3H3,(H2,18,19,20);1H. The van der Waals surface area contributed by atoms with E-state index < -0.39 is 0 Å². The van der Waals surface area contributed by atoms with Gasteiger partial charge in [0.05, 0.1) is 6.54 Å². The Kier molecular flexibility index (Phi) is 11.8. The van der Waals surface area contributed by atoms with Crippen LogP contribution in [-0.2, 0) is 13.0 Å². The van der Waals surface area contributed by atoms with Crippen LogP contribution in [0.2, 0.25) is 0 Å². The summed E-state index contributed by atoms with van der Waals surface area (Å²) in [5.74, 6) is 1.91. The zero-order valence-corrected chi connectivity index (χ0v) is 18.8. The monoisotopic (exact) mass is 478 g/mol. The molecule has 2 heterocycles. The van der Waals surface area contributed by atoms with Crippen LogP contribution in [0.3, 0.4) is 0 Å². The summed E-state index contributed by atoms with van der Waals surface area (Å²) >= 11 is 0. The van der Waals surface area contributed by atoms with Gasteiger partial charge in [-0.05, 0) is 13.5 Å². The van der Waals surface area contributed by atoms with Crippen molar-refractivity contribution in [2.24, 2.45) is 4.99 Å². The predicted octanol–water partition coefficient (Wildman–Crippen LogP) is 0.651. The van der Waals surface area contributed by atoms with Gasteiger partial charge in [0.1, 0.15) is 12.2 Å². The Morgan fingerprint density at radius 1 is 1.08 bits per heavy atom. The van der Waals surface area contributed by atoms with Crippen molar-refractivity contribution in [3.05, 3.63) is 12.2 Å². The molecule has 0 saturated carbocycles. The first-order valence-corrected chi connectivity index (χ1v) is 9.60. The van der Waals surface area contributed by atoms with Gasteiger partial charge in [-0.2, -0.15) is 0 Å². The molecule has 2 rings (SSSR count). The van der Waals surface area contributed by atoms with Crippen molar-refractivity contribution in [3.63, 3.8) is 0 Å². The Morgan fingerprint density at radius 3 is 2.46 bits per heavy atom. The number of aryl methyl sites for hydroxylation is 1. The van der Waals surface area contributed by atoms with E-state index >= 15 is 0 Å². The van der Waals surface area contributed by atoms with Gasteiger partial charge in [-0.25, -0.2) is 0 Å². The topological polar surface area (TPSA) is 73.6 Å². The molecule has 2 N–H and O–H groups in total. The molecule has 1 aliphatic rings. The van der Waals surface area contributed by atoms with E-state index in [1.807, 2.05) is 0 Å². The lowest BCUT2D eigenvalue weighted by Crippen LogP contribution is -2.47. The number of likely N-dealkylation sites (N-methyl/N-ethyl adjacent to an activating group) is 1. The summed E-state index contributed by atoms with van der Waals surface area (Å²) in [5, 5.41) is 14.8. The maximum atomic E-state index is 4.71. The molecule has 0 radical (unpaired) electrons. The molecule has 150 valence electrons. The summed E-state index contributed by atoms with van der Waals surface area (Å²) < 4.78 is 2.09. The van der Waals surface area contributed by atoms with E-state index in [1.165, 1.54) is 13.1 Å². The smallest absolute Gasteiger partial charge is 0.191 e. The van der Waals surface area contributed by atoms with E-state index in [1.54, 1.807) is 6.33 Å². The molecule has 1 saturated heterocycles. The molecule has 9 heteroatoms. The van der Waals surface area contributed by atoms with Crippen LogP contribution in [0.4, 0.5) is 0 Å². The number of nitrogens with one attached hydrogen (secondary N) is 2. The highest BCUT2D eigenvalue weighted by molar-refractivity contribution is 14.0. The van der Waals surface area contributed by atoms with Gasteiger partial charge in [-0.3, -0.25) is 9.89 Å². The SMILES string of the molecule is CCNC(=NCCN1CCN(CC)CC1)NCCn1cnnc1CC.I. The van der Waals surface area contributed by atoms with Crippen LogP contribution in [0.25, 0.3) is 0 Å². The van der Waals surface area contributed by atoms with Gasteiger partial charge in [-0.1, -0.05) is 13.8 Å². The van der Waals surface area contributed by atoms with Crippen molar-refractivity contribution >= 4 is 29.9 Å². The van der Waals surface area contributed by atoms with Gasteiger partial charge in [0, 0.05) is 58.8 Å². The number of guanidine groups is 1. The van der Waals surface area contributed by atoms with Gasteiger partial charge in [0.15, 0.2) is 5.96 Å².